The van der Waals surface area contributed by atoms with E-state index in [4.69, 9.17) is 0 Å². The Hall–Kier alpha value is -1.89. The Morgan fingerprint density at radius 3 is 2.55 bits per heavy atom. The highest BCUT2D eigenvalue weighted by molar-refractivity contribution is 7.89. The van der Waals surface area contributed by atoms with Crippen molar-refractivity contribution < 1.29 is 18.0 Å². The topological polar surface area (TPSA) is 83.6 Å². The molecular formula is C15H20N2O4S. The van der Waals surface area contributed by atoms with Crippen LogP contribution in [0.25, 0.3) is 0 Å². The molecule has 0 radical (unpaired) electrons. The predicted molar refractivity (Wildman–Crippen MR) is 82.4 cm³/mol. The molecule has 1 unspecified atom stereocenters. The zero-order chi connectivity index (χ0) is 16.3. The number of carbonyl (C=O) groups is 2. The van der Waals surface area contributed by atoms with Crippen LogP contribution in [-0.4, -0.2) is 37.4 Å². The minimum absolute atomic E-state index is 0.00210. The molecule has 0 aromatic heterocycles. The number of benzene rings is 1. The summed E-state index contributed by atoms with van der Waals surface area (Å²) in [6.45, 7) is 2.43. The van der Waals surface area contributed by atoms with Gasteiger partial charge in [0.25, 0.3) is 0 Å². The number of nitrogens with zero attached hydrogens (tertiary/aromatic N) is 1. The van der Waals surface area contributed by atoms with Crippen molar-refractivity contribution >= 4 is 21.8 Å². The second-order valence-electron chi connectivity index (χ2n) is 5.70. The number of rotatable bonds is 5. The molecule has 1 aromatic rings. The summed E-state index contributed by atoms with van der Waals surface area (Å²) >= 11 is 0. The van der Waals surface area contributed by atoms with Gasteiger partial charge in [-0.15, -0.1) is 0 Å². The third-order valence-corrected chi connectivity index (χ3v) is 4.24. The standard InChI is InChI=1S/C15H20N2O4S/c1-11-3-5-12(6-4-11)10-17-13(7-8-15(17)19)9-14(18)16-22(2,20)21/h3-6,13H,7-10H2,1-2H3,(H,16,18). The van der Waals surface area contributed by atoms with Gasteiger partial charge in [-0.25, -0.2) is 8.42 Å². The smallest absolute Gasteiger partial charge is 0.235 e. The summed E-state index contributed by atoms with van der Waals surface area (Å²) in [6, 6.07) is 7.60. The molecule has 1 aliphatic heterocycles. The first-order valence-corrected chi connectivity index (χ1v) is 8.99. The Balaban J connectivity index is 2.03. The van der Waals surface area contributed by atoms with Gasteiger partial charge in [-0.2, -0.15) is 0 Å². The van der Waals surface area contributed by atoms with Crippen LogP contribution in [0, 0.1) is 6.92 Å². The number of carbonyl (C=O) groups excluding carboxylic acids is 2. The van der Waals surface area contributed by atoms with Gasteiger partial charge in [-0.3, -0.25) is 14.3 Å². The lowest BCUT2D eigenvalue weighted by molar-refractivity contribution is -0.130. The summed E-state index contributed by atoms with van der Waals surface area (Å²) < 4.78 is 24.1. The van der Waals surface area contributed by atoms with Gasteiger partial charge in [0.15, 0.2) is 0 Å². The average molecular weight is 324 g/mol. The predicted octanol–water partition coefficient (Wildman–Crippen LogP) is 0.952. The second-order valence-corrected chi connectivity index (χ2v) is 7.45. The highest BCUT2D eigenvalue weighted by Gasteiger charge is 2.32. The van der Waals surface area contributed by atoms with Crippen LogP contribution in [0.15, 0.2) is 24.3 Å². The van der Waals surface area contributed by atoms with E-state index in [1.807, 2.05) is 35.9 Å². The zero-order valence-electron chi connectivity index (χ0n) is 12.7. The highest BCUT2D eigenvalue weighted by atomic mass is 32.2. The molecular weight excluding hydrogens is 304 g/mol. The fourth-order valence-corrected chi connectivity index (χ4v) is 3.07. The molecule has 2 amide bonds. The van der Waals surface area contributed by atoms with Gasteiger partial charge in [0, 0.05) is 25.4 Å². The van der Waals surface area contributed by atoms with E-state index in [-0.39, 0.29) is 18.4 Å². The molecule has 1 atom stereocenters. The van der Waals surface area contributed by atoms with Gasteiger partial charge in [0.2, 0.25) is 21.8 Å². The molecule has 0 saturated carbocycles. The quantitative estimate of drug-likeness (QED) is 0.874. The maximum Gasteiger partial charge on any atom is 0.235 e. The maximum atomic E-state index is 12.0. The van der Waals surface area contributed by atoms with Gasteiger partial charge in [0.05, 0.1) is 6.26 Å². The van der Waals surface area contributed by atoms with Crippen LogP contribution >= 0.6 is 0 Å². The van der Waals surface area contributed by atoms with Gasteiger partial charge < -0.3 is 4.90 Å². The molecule has 2 rings (SSSR count). The summed E-state index contributed by atoms with van der Waals surface area (Å²) in [7, 11) is -3.56. The first kappa shape index (κ1) is 16.5. The zero-order valence-corrected chi connectivity index (χ0v) is 13.5. The van der Waals surface area contributed by atoms with E-state index in [1.54, 1.807) is 4.90 Å². The van der Waals surface area contributed by atoms with Crippen molar-refractivity contribution in [1.82, 2.24) is 9.62 Å². The van der Waals surface area contributed by atoms with Crippen LogP contribution < -0.4 is 4.72 Å². The second kappa shape index (κ2) is 6.48. The van der Waals surface area contributed by atoms with E-state index in [0.29, 0.717) is 19.4 Å². The third-order valence-electron chi connectivity index (χ3n) is 3.65. The Kier molecular flexibility index (Phi) is 4.85. The summed E-state index contributed by atoms with van der Waals surface area (Å²) in [5.41, 5.74) is 2.13. The van der Waals surface area contributed by atoms with Crippen molar-refractivity contribution in [1.29, 1.82) is 0 Å². The van der Waals surface area contributed by atoms with E-state index >= 15 is 0 Å². The lowest BCUT2D eigenvalue weighted by Gasteiger charge is -2.24. The summed E-state index contributed by atoms with van der Waals surface area (Å²) in [5, 5.41) is 0. The molecule has 0 spiro atoms. The molecule has 120 valence electrons. The molecule has 1 saturated heterocycles. The van der Waals surface area contributed by atoms with Gasteiger partial charge in [-0.05, 0) is 18.9 Å². The Labute approximate surface area is 130 Å². The van der Waals surface area contributed by atoms with E-state index in [0.717, 1.165) is 17.4 Å². The Morgan fingerprint density at radius 2 is 1.95 bits per heavy atom. The maximum absolute atomic E-state index is 12.0. The van der Waals surface area contributed by atoms with Crippen molar-refractivity contribution in [3.05, 3.63) is 35.4 Å². The molecule has 1 heterocycles. The van der Waals surface area contributed by atoms with E-state index in [9.17, 15) is 18.0 Å². The van der Waals surface area contributed by atoms with Crippen LogP contribution in [0.4, 0.5) is 0 Å². The van der Waals surface area contributed by atoms with Gasteiger partial charge >= 0.3 is 0 Å². The molecule has 22 heavy (non-hydrogen) atoms. The Bertz CT molecular complexity index is 667. The van der Waals surface area contributed by atoms with Crippen LogP contribution in [0.3, 0.4) is 0 Å². The lowest BCUT2D eigenvalue weighted by Crippen LogP contribution is -2.38. The third kappa shape index (κ3) is 4.56. The van der Waals surface area contributed by atoms with E-state index < -0.39 is 15.9 Å². The molecule has 0 bridgehead atoms. The van der Waals surface area contributed by atoms with Crippen molar-refractivity contribution in [2.24, 2.45) is 0 Å². The molecule has 1 aliphatic rings. The van der Waals surface area contributed by atoms with Crippen LogP contribution in [-0.2, 0) is 26.2 Å². The first-order valence-electron chi connectivity index (χ1n) is 7.10. The molecule has 1 aromatic carbocycles. The number of amides is 2. The molecule has 1 fully saturated rings. The lowest BCUT2D eigenvalue weighted by atomic mass is 10.1. The van der Waals surface area contributed by atoms with Gasteiger partial charge in [-0.1, -0.05) is 29.8 Å². The highest BCUT2D eigenvalue weighted by Crippen LogP contribution is 2.24. The van der Waals surface area contributed by atoms with Crippen LogP contribution in [0.2, 0.25) is 0 Å². The number of hydrogen-bond donors (Lipinski definition) is 1. The van der Waals surface area contributed by atoms with E-state index in [2.05, 4.69) is 0 Å². The number of aryl methyl sites for hydroxylation is 1. The Morgan fingerprint density at radius 1 is 1.32 bits per heavy atom. The minimum atomic E-state index is -3.56. The minimum Gasteiger partial charge on any atom is -0.335 e. The van der Waals surface area contributed by atoms with Crippen molar-refractivity contribution in [3.63, 3.8) is 0 Å². The van der Waals surface area contributed by atoms with Crippen LogP contribution in [0.1, 0.15) is 30.4 Å². The monoisotopic (exact) mass is 324 g/mol. The van der Waals surface area contributed by atoms with Crippen molar-refractivity contribution in [2.75, 3.05) is 6.26 Å². The fraction of sp³-hybridized carbons (Fsp3) is 0.467. The van der Waals surface area contributed by atoms with Gasteiger partial charge in [0.1, 0.15) is 0 Å². The number of hydrogen-bond acceptors (Lipinski definition) is 4. The SMILES string of the molecule is Cc1ccc(CN2C(=O)CCC2CC(=O)NS(C)(=O)=O)cc1. The number of sulfonamides is 1. The first-order chi connectivity index (χ1) is 10.2. The largest absolute Gasteiger partial charge is 0.335 e. The summed E-state index contributed by atoms with van der Waals surface area (Å²) in [4.78, 5) is 25.4. The molecule has 0 aliphatic carbocycles. The number of likely N-dealkylation sites (tertiary alicyclic amines) is 1. The molecule has 1 N–H and O–H groups in total. The van der Waals surface area contributed by atoms with E-state index in [1.165, 1.54) is 0 Å². The number of nitrogens with one attached hydrogen (secondary N) is 1. The fourth-order valence-electron chi connectivity index (χ4n) is 2.58. The summed E-state index contributed by atoms with van der Waals surface area (Å²) in [6.07, 6.45) is 1.91. The molecule has 6 nitrogen and oxygen atoms in total. The summed E-state index contributed by atoms with van der Waals surface area (Å²) in [5.74, 6) is -0.575. The molecule has 7 heteroatoms. The average Bonchev–Trinajstić information content (AvgIpc) is 2.72. The van der Waals surface area contributed by atoms with Crippen molar-refractivity contribution in [3.8, 4) is 0 Å². The normalized spacial score (nSPS) is 18.5. The van der Waals surface area contributed by atoms with Crippen molar-refractivity contribution in [2.45, 2.75) is 38.8 Å². The van der Waals surface area contributed by atoms with Crippen LogP contribution in [0.5, 0.6) is 0 Å².